The molecule has 0 N–H and O–H groups in total. The van der Waals surface area contributed by atoms with Crippen molar-refractivity contribution in [2.75, 3.05) is 6.54 Å². The van der Waals surface area contributed by atoms with Gasteiger partial charge in [0.15, 0.2) is 11.5 Å². The third kappa shape index (κ3) is 2.60. The average molecular weight is 417 g/mol. The maximum Gasteiger partial charge on any atom is 0.261 e. The van der Waals surface area contributed by atoms with Gasteiger partial charge < -0.3 is 0 Å². The molecular formula is C22H19N5O2S. The second kappa shape index (κ2) is 6.70. The number of hydrogen-bond donors (Lipinski definition) is 0. The van der Waals surface area contributed by atoms with Gasteiger partial charge in [-0.2, -0.15) is 0 Å². The molecule has 0 bridgehead atoms. The zero-order chi connectivity index (χ0) is 20.2. The lowest BCUT2D eigenvalue weighted by Gasteiger charge is -2.12. The Hall–Kier alpha value is -3.13. The standard InChI is InChI=1S/C22H19N5O2S/c28-21-13-6-1-2-7-14(13)22(29)26(21)11-5-10-17-24-19-18-15-8-3-4-9-16(15)30-20(18)23-12-27(19)25-17/h1-2,6-7,12H,3-5,8-11H2. The summed E-state index contributed by atoms with van der Waals surface area (Å²) < 4.78 is 1.77. The van der Waals surface area contributed by atoms with E-state index in [1.165, 1.54) is 28.2 Å². The van der Waals surface area contributed by atoms with E-state index >= 15 is 0 Å². The number of thiophene rings is 1. The molecule has 150 valence electrons. The first-order valence-electron chi connectivity index (χ1n) is 10.3. The number of aryl methyl sites for hydroxylation is 3. The predicted octanol–water partition coefficient (Wildman–Crippen LogP) is 3.45. The van der Waals surface area contributed by atoms with Crippen LogP contribution in [0.1, 0.15) is 56.2 Å². The number of hydrogen-bond acceptors (Lipinski definition) is 6. The Kier molecular flexibility index (Phi) is 3.95. The minimum Gasteiger partial charge on any atom is -0.274 e. The number of fused-ring (bicyclic) bond motifs is 6. The molecule has 0 saturated heterocycles. The Morgan fingerprint density at radius 3 is 2.60 bits per heavy atom. The summed E-state index contributed by atoms with van der Waals surface area (Å²) >= 11 is 1.78. The molecule has 30 heavy (non-hydrogen) atoms. The van der Waals surface area contributed by atoms with E-state index in [-0.39, 0.29) is 11.8 Å². The quantitative estimate of drug-likeness (QED) is 0.475. The minimum absolute atomic E-state index is 0.214. The first-order valence-corrected chi connectivity index (χ1v) is 11.1. The number of aromatic nitrogens is 4. The van der Waals surface area contributed by atoms with Crippen LogP contribution in [0.25, 0.3) is 15.9 Å². The van der Waals surface area contributed by atoms with Gasteiger partial charge in [-0.1, -0.05) is 12.1 Å². The van der Waals surface area contributed by atoms with Gasteiger partial charge in [0.2, 0.25) is 0 Å². The van der Waals surface area contributed by atoms with Crippen LogP contribution in [0.15, 0.2) is 30.6 Å². The molecule has 2 amide bonds. The Bertz CT molecular complexity index is 1300. The summed E-state index contributed by atoms with van der Waals surface area (Å²) in [6.07, 6.45) is 7.62. The normalized spacial score (nSPS) is 15.9. The number of carbonyl (C=O) groups excluding carboxylic acids is 2. The van der Waals surface area contributed by atoms with Gasteiger partial charge in [-0.05, 0) is 49.8 Å². The van der Waals surface area contributed by atoms with Crippen molar-refractivity contribution < 1.29 is 9.59 Å². The van der Waals surface area contributed by atoms with Gasteiger partial charge in [0.25, 0.3) is 11.8 Å². The van der Waals surface area contributed by atoms with Gasteiger partial charge in [0.1, 0.15) is 11.2 Å². The van der Waals surface area contributed by atoms with E-state index in [0.29, 0.717) is 30.5 Å². The minimum atomic E-state index is -0.214. The fourth-order valence-electron chi connectivity index (χ4n) is 4.54. The second-order valence-electron chi connectivity index (χ2n) is 7.84. The summed E-state index contributed by atoms with van der Waals surface area (Å²) in [4.78, 5) is 38.2. The van der Waals surface area contributed by atoms with Crippen LogP contribution in [-0.4, -0.2) is 42.8 Å². The first-order chi connectivity index (χ1) is 14.7. The summed E-state index contributed by atoms with van der Waals surface area (Å²) in [6.45, 7) is 0.364. The average Bonchev–Trinajstić information content (AvgIpc) is 3.42. The lowest BCUT2D eigenvalue weighted by atomic mass is 9.97. The van der Waals surface area contributed by atoms with Gasteiger partial charge in [-0.25, -0.2) is 14.5 Å². The number of carbonyl (C=O) groups is 2. The fraction of sp³-hybridized carbons (Fsp3) is 0.318. The molecule has 0 atom stereocenters. The predicted molar refractivity (Wildman–Crippen MR) is 113 cm³/mol. The van der Waals surface area contributed by atoms with E-state index < -0.39 is 0 Å². The van der Waals surface area contributed by atoms with Crippen molar-refractivity contribution in [1.29, 1.82) is 0 Å². The molecule has 0 saturated carbocycles. The SMILES string of the molecule is O=C1c2ccccc2C(=O)N1CCCc1nc2c3c4c(sc3ncn2n1)CCCC4. The maximum atomic E-state index is 12.5. The summed E-state index contributed by atoms with van der Waals surface area (Å²) in [7, 11) is 0. The lowest BCUT2D eigenvalue weighted by Crippen LogP contribution is -2.31. The van der Waals surface area contributed by atoms with E-state index in [0.717, 1.165) is 34.5 Å². The maximum absolute atomic E-state index is 12.5. The van der Waals surface area contributed by atoms with Gasteiger partial charge in [-0.15, -0.1) is 16.4 Å². The molecule has 3 aromatic heterocycles. The van der Waals surface area contributed by atoms with Crippen molar-refractivity contribution in [2.45, 2.75) is 38.5 Å². The zero-order valence-electron chi connectivity index (χ0n) is 16.3. The Balaban J connectivity index is 1.23. The Morgan fingerprint density at radius 1 is 1.03 bits per heavy atom. The van der Waals surface area contributed by atoms with E-state index in [4.69, 9.17) is 4.98 Å². The number of nitrogens with zero attached hydrogens (tertiary/aromatic N) is 5. The molecule has 1 aromatic carbocycles. The molecule has 7 nitrogen and oxygen atoms in total. The largest absolute Gasteiger partial charge is 0.274 e. The number of imide groups is 1. The van der Waals surface area contributed by atoms with Crippen LogP contribution in [-0.2, 0) is 19.3 Å². The second-order valence-corrected chi connectivity index (χ2v) is 8.93. The molecule has 1 aliphatic carbocycles. The smallest absolute Gasteiger partial charge is 0.261 e. The molecule has 1 aliphatic heterocycles. The van der Waals surface area contributed by atoms with Crippen molar-refractivity contribution in [3.63, 3.8) is 0 Å². The summed E-state index contributed by atoms with van der Waals surface area (Å²) in [5, 5.41) is 5.74. The zero-order valence-corrected chi connectivity index (χ0v) is 17.1. The van der Waals surface area contributed by atoms with Crippen LogP contribution < -0.4 is 0 Å². The van der Waals surface area contributed by atoms with E-state index in [2.05, 4.69) is 10.1 Å². The number of rotatable bonds is 4. The highest BCUT2D eigenvalue weighted by atomic mass is 32.1. The van der Waals surface area contributed by atoms with Crippen LogP contribution in [0.4, 0.5) is 0 Å². The van der Waals surface area contributed by atoms with Gasteiger partial charge in [0, 0.05) is 17.8 Å². The van der Waals surface area contributed by atoms with Gasteiger partial charge in [-0.3, -0.25) is 14.5 Å². The highest BCUT2D eigenvalue weighted by molar-refractivity contribution is 7.19. The van der Waals surface area contributed by atoms with Gasteiger partial charge in [0.05, 0.1) is 16.5 Å². The van der Waals surface area contributed by atoms with Crippen molar-refractivity contribution in [1.82, 2.24) is 24.5 Å². The van der Waals surface area contributed by atoms with E-state index in [1.54, 1.807) is 46.4 Å². The molecular weight excluding hydrogens is 398 g/mol. The van der Waals surface area contributed by atoms with Crippen LogP contribution in [0.2, 0.25) is 0 Å². The molecule has 4 heterocycles. The molecule has 0 radical (unpaired) electrons. The highest BCUT2D eigenvalue weighted by Gasteiger charge is 2.34. The van der Waals surface area contributed by atoms with Crippen molar-refractivity contribution in [3.8, 4) is 0 Å². The summed E-state index contributed by atoms with van der Waals surface area (Å²) in [6, 6.07) is 6.98. The van der Waals surface area contributed by atoms with Crippen LogP contribution in [0.3, 0.4) is 0 Å². The van der Waals surface area contributed by atoms with Crippen LogP contribution in [0.5, 0.6) is 0 Å². The number of amides is 2. The molecule has 0 unspecified atom stereocenters. The monoisotopic (exact) mass is 417 g/mol. The van der Waals surface area contributed by atoms with Crippen LogP contribution in [0, 0.1) is 0 Å². The van der Waals surface area contributed by atoms with Crippen molar-refractivity contribution >= 4 is 39.0 Å². The van der Waals surface area contributed by atoms with Crippen molar-refractivity contribution in [2.24, 2.45) is 0 Å². The van der Waals surface area contributed by atoms with E-state index in [1.807, 2.05) is 0 Å². The van der Waals surface area contributed by atoms with Crippen molar-refractivity contribution in [3.05, 3.63) is 58.0 Å². The molecule has 4 aromatic rings. The molecule has 6 rings (SSSR count). The first kappa shape index (κ1) is 17.7. The number of benzene rings is 1. The fourth-order valence-corrected chi connectivity index (χ4v) is 5.77. The highest BCUT2D eigenvalue weighted by Crippen LogP contribution is 2.36. The summed E-state index contributed by atoms with van der Waals surface area (Å²) in [5.74, 6) is 0.292. The Labute approximate surface area is 176 Å². The Morgan fingerprint density at radius 2 is 1.80 bits per heavy atom. The molecule has 0 fully saturated rings. The molecule has 8 heteroatoms. The summed E-state index contributed by atoms with van der Waals surface area (Å²) in [5.41, 5.74) is 3.24. The topological polar surface area (TPSA) is 80.5 Å². The molecule has 0 spiro atoms. The third-order valence-electron chi connectivity index (χ3n) is 6.00. The molecule has 2 aliphatic rings. The third-order valence-corrected chi connectivity index (χ3v) is 7.20. The van der Waals surface area contributed by atoms with Crippen LogP contribution >= 0.6 is 11.3 Å². The van der Waals surface area contributed by atoms with E-state index in [9.17, 15) is 9.59 Å². The lowest BCUT2D eigenvalue weighted by molar-refractivity contribution is 0.0652. The van der Waals surface area contributed by atoms with Gasteiger partial charge >= 0.3 is 0 Å².